The molecule has 0 spiro atoms. The molecule has 178 valence electrons. The number of halogens is 3. The summed E-state index contributed by atoms with van der Waals surface area (Å²) in [5, 5.41) is 0. The average molecular weight is 473 g/mol. The van der Waals surface area contributed by atoms with Crippen molar-refractivity contribution in [1.29, 1.82) is 0 Å². The van der Waals surface area contributed by atoms with Crippen LogP contribution in [0.4, 0.5) is 24.7 Å². The van der Waals surface area contributed by atoms with Crippen LogP contribution in [0.1, 0.15) is 19.0 Å². The largest absolute Gasteiger partial charge is 0.471 e. The molecule has 0 N–H and O–H groups in total. The number of anilines is 1. The van der Waals surface area contributed by atoms with Crippen molar-refractivity contribution in [3.63, 3.8) is 0 Å². The second kappa shape index (κ2) is 9.30. The lowest BCUT2D eigenvalue weighted by atomic mass is 10.0. The molecule has 2 atom stereocenters. The first-order valence-corrected chi connectivity index (χ1v) is 10.7. The third kappa shape index (κ3) is 4.68. The van der Waals surface area contributed by atoms with Gasteiger partial charge in [0, 0.05) is 45.3 Å². The SMILES string of the molecule is [C-]#[N+]c1ccc2c(n1)c(N1CC[C@H](Oc3cccc(C(F)(F)F)n3)[C@@H](OCC)C1)cc(=O)n2C. The Kier molecular flexibility index (Phi) is 6.43. The third-order valence-electron chi connectivity index (χ3n) is 5.67. The number of rotatable bonds is 5. The number of nitrogens with zero attached hydrogens (tertiary/aromatic N) is 5. The van der Waals surface area contributed by atoms with Gasteiger partial charge in [-0.05, 0) is 25.1 Å². The van der Waals surface area contributed by atoms with Crippen LogP contribution in [-0.4, -0.2) is 46.4 Å². The van der Waals surface area contributed by atoms with Gasteiger partial charge in [0.15, 0.2) is 0 Å². The highest BCUT2D eigenvalue weighted by atomic mass is 19.4. The summed E-state index contributed by atoms with van der Waals surface area (Å²) >= 11 is 0. The molecule has 1 aliphatic rings. The van der Waals surface area contributed by atoms with Crippen molar-refractivity contribution in [3.05, 3.63) is 63.9 Å². The number of alkyl halides is 3. The maximum absolute atomic E-state index is 13.0. The van der Waals surface area contributed by atoms with Gasteiger partial charge < -0.3 is 23.8 Å². The lowest BCUT2D eigenvalue weighted by Crippen LogP contribution is -2.51. The van der Waals surface area contributed by atoms with Gasteiger partial charge in [0.1, 0.15) is 17.9 Å². The molecular formula is C23H22F3N5O3. The highest BCUT2D eigenvalue weighted by Crippen LogP contribution is 2.31. The van der Waals surface area contributed by atoms with E-state index in [1.807, 2.05) is 11.8 Å². The molecule has 8 nitrogen and oxygen atoms in total. The Labute approximate surface area is 193 Å². The van der Waals surface area contributed by atoms with Crippen LogP contribution in [-0.2, 0) is 18.0 Å². The maximum Gasteiger partial charge on any atom is 0.433 e. The number of hydrogen-bond acceptors (Lipinski definition) is 6. The van der Waals surface area contributed by atoms with Gasteiger partial charge in [-0.2, -0.15) is 13.2 Å². The molecule has 0 radical (unpaired) electrons. The summed E-state index contributed by atoms with van der Waals surface area (Å²) in [5.41, 5.74) is 0.436. The molecule has 1 aliphatic heterocycles. The predicted molar refractivity (Wildman–Crippen MR) is 119 cm³/mol. The van der Waals surface area contributed by atoms with Crippen molar-refractivity contribution in [2.24, 2.45) is 7.05 Å². The number of aromatic nitrogens is 3. The molecular weight excluding hydrogens is 451 g/mol. The zero-order valence-electron chi connectivity index (χ0n) is 18.5. The number of aryl methyl sites for hydroxylation is 1. The van der Waals surface area contributed by atoms with Crippen molar-refractivity contribution in [2.75, 3.05) is 24.6 Å². The van der Waals surface area contributed by atoms with Crippen molar-refractivity contribution >= 4 is 22.5 Å². The summed E-state index contributed by atoms with van der Waals surface area (Å²) in [6.07, 6.45) is -5.17. The molecule has 34 heavy (non-hydrogen) atoms. The summed E-state index contributed by atoms with van der Waals surface area (Å²) in [7, 11) is 1.64. The maximum atomic E-state index is 13.0. The fourth-order valence-electron chi connectivity index (χ4n) is 4.02. The van der Waals surface area contributed by atoms with Crippen LogP contribution in [0.25, 0.3) is 15.9 Å². The summed E-state index contributed by atoms with van der Waals surface area (Å²) in [6, 6.07) is 8.25. The Morgan fingerprint density at radius 3 is 2.71 bits per heavy atom. The van der Waals surface area contributed by atoms with E-state index in [4.69, 9.17) is 16.0 Å². The summed E-state index contributed by atoms with van der Waals surface area (Å²) < 4.78 is 52.2. The van der Waals surface area contributed by atoms with Crippen molar-refractivity contribution in [2.45, 2.75) is 31.7 Å². The lowest BCUT2D eigenvalue weighted by Gasteiger charge is -2.39. The van der Waals surface area contributed by atoms with E-state index in [0.29, 0.717) is 42.8 Å². The van der Waals surface area contributed by atoms with Gasteiger partial charge in [0.2, 0.25) is 11.4 Å². The van der Waals surface area contributed by atoms with Crippen LogP contribution in [0.5, 0.6) is 5.88 Å². The van der Waals surface area contributed by atoms with E-state index < -0.39 is 24.1 Å². The predicted octanol–water partition coefficient (Wildman–Crippen LogP) is 3.96. The molecule has 11 heteroatoms. The number of pyridine rings is 3. The van der Waals surface area contributed by atoms with Crippen LogP contribution in [0.3, 0.4) is 0 Å². The molecule has 3 aromatic rings. The molecule has 1 saturated heterocycles. The molecule has 0 saturated carbocycles. The minimum Gasteiger partial charge on any atom is -0.471 e. The molecule has 4 rings (SSSR count). The number of ether oxygens (including phenoxy) is 2. The first-order valence-electron chi connectivity index (χ1n) is 10.7. The lowest BCUT2D eigenvalue weighted by molar-refractivity contribution is -0.141. The van der Waals surface area contributed by atoms with Crippen molar-refractivity contribution in [3.8, 4) is 5.88 Å². The first kappa shape index (κ1) is 23.5. The van der Waals surface area contributed by atoms with Gasteiger partial charge in [-0.25, -0.2) is 4.98 Å². The summed E-state index contributed by atoms with van der Waals surface area (Å²) in [4.78, 5) is 25.9. The molecule has 0 bridgehead atoms. The van der Waals surface area contributed by atoms with Gasteiger partial charge in [0.05, 0.1) is 11.2 Å². The zero-order chi connectivity index (χ0) is 24.5. The standard InChI is InChI=1S/C23H22F3N5O3/c1-4-33-17-13-31(11-10-16(17)34-20-7-5-6-18(28-20)23(24,25)26)15-12-21(32)30(3)14-8-9-19(27-2)29-22(14)15/h5-9,12,16-17H,4,10-11,13H2,1,3H3/t16-,17-/m0/s1. The van der Waals surface area contributed by atoms with Crippen LogP contribution < -0.4 is 15.2 Å². The fourth-order valence-corrected chi connectivity index (χ4v) is 4.02. The fraction of sp³-hybridized carbons (Fsp3) is 0.391. The van der Waals surface area contributed by atoms with E-state index in [2.05, 4.69) is 14.8 Å². The molecule has 0 aromatic carbocycles. The minimum absolute atomic E-state index is 0.125. The molecule has 3 aromatic heterocycles. The molecule has 0 amide bonds. The third-order valence-corrected chi connectivity index (χ3v) is 5.67. The first-order chi connectivity index (χ1) is 16.2. The Morgan fingerprint density at radius 2 is 2.00 bits per heavy atom. The zero-order valence-corrected chi connectivity index (χ0v) is 18.5. The number of hydrogen-bond donors (Lipinski definition) is 0. The molecule has 1 fully saturated rings. The second-order valence-electron chi connectivity index (χ2n) is 7.82. The van der Waals surface area contributed by atoms with Crippen LogP contribution in [0.15, 0.2) is 41.2 Å². The monoisotopic (exact) mass is 473 g/mol. The van der Waals surface area contributed by atoms with E-state index >= 15 is 0 Å². The van der Waals surface area contributed by atoms with E-state index in [1.54, 1.807) is 19.2 Å². The van der Waals surface area contributed by atoms with E-state index in [-0.39, 0.29) is 17.3 Å². The number of fused-ring (bicyclic) bond motifs is 1. The molecule has 0 aliphatic carbocycles. The second-order valence-corrected chi connectivity index (χ2v) is 7.82. The summed E-state index contributed by atoms with van der Waals surface area (Å²) in [6.45, 7) is 10.2. The molecule has 4 heterocycles. The Bertz CT molecular complexity index is 1300. The minimum atomic E-state index is -4.57. The summed E-state index contributed by atoms with van der Waals surface area (Å²) in [5.74, 6) is 0.0861. The smallest absolute Gasteiger partial charge is 0.433 e. The van der Waals surface area contributed by atoms with Gasteiger partial charge >= 0.3 is 6.18 Å². The van der Waals surface area contributed by atoms with Gasteiger partial charge in [-0.1, -0.05) is 12.6 Å². The van der Waals surface area contributed by atoms with E-state index in [1.165, 1.54) is 22.8 Å². The highest BCUT2D eigenvalue weighted by molar-refractivity contribution is 5.89. The van der Waals surface area contributed by atoms with Crippen LogP contribution in [0, 0.1) is 6.57 Å². The Hall–Kier alpha value is -3.65. The van der Waals surface area contributed by atoms with Crippen molar-refractivity contribution < 1.29 is 22.6 Å². The quantitative estimate of drug-likeness (QED) is 0.523. The molecule has 0 unspecified atom stereocenters. The average Bonchev–Trinajstić information content (AvgIpc) is 2.82. The topological polar surface area (TPSA) is 73.8 Å². The Morgan fingerprint density at radius 1 is 1.21 bits per heavy atom. The van der Waals surface area contributed by atoms with Crippen molar-refractivity contribution in [1.82, 2.24) is 14.5 Å². The van der Waals surface area contributed by atoms with E-state index in [0.717, 1.165) is 6.07 Å². The van der Waals surface area contributed by atoms with E-state index in [9.17, 15) is 18.0 Å². The Balaban J connectivity index is 1.63. The van der Waals surface area contributed by atoms with Crippen LogP contribution in [0.2, 0.25) is 0 Å². The van der Waals surface area contributed by atoms with Gasteiger partial charge in [-0.15, -0.1) is 4.98 Å². The normalized spacial score (nSPS) is 18.6. The highest BCUT2D eigenvalue weighted by Gasteiger charge is 2.35. The number of piperidine rings is 1. The van der Waals surface area contributed by atoms with Gasteiger partial charge in [0.25, 0.3) is 11.4 Å². The van der Waals surface area contributed by atoms with Crippen LogP contribution >= 0.6 is 0 Å². The van der Waals surface area contributed by atoms with Gasteiger partial charge in [-0.3, -0.25) is 4.79 Å².